The Hall–Kier alpha value is -2.76. The smallest absolute Gasteiger partial charge is 0.225 e. The molecule has 2 rings (SSSR count). The topological polar surface area (TPSA) is 49.4 Å². The fourth-order valence-corrected chi connectivity index (χ4v) is 2.83. The van der Waals surface area contributed by atoms with Crippen LogP contribution in [0.25, 0.3) is 0 Å². The molecule has 0 aliphatic rings. The van der Waals surface area contributed by atoms with Crippen molar-refractivity contribution in [2.45, 2.75) is 39.3 Å². The lowest BCUT2D eigenvalue weighted by Gasteiger charge is -2.28. The molecule has 144 valence electrons. The fraction of sp³-hybridized carbons (Fsp3) is 0.333. The minimum Gasteiger partial charge on any atom is -0.349 e. The highest BCUT2D eigenvalue weighted by Gasteiger charge is 2.23. The Morgan fingerprint density at radius 3 is 2.19 bits per heavy atom. The third kappa shape index (κ3) is 5.36. The van der Waals surface area contributed by atoms with E-state index in [1.54, 1.807) is 14.0 Å². The highest BCUT2D eigenvalue weighted by Crippen LogP contribution is 2.24. The van der Waals surface area contributed by atoms with Gasteiger partial charge in [-0.3, -0.25) is 9.59 Å². The van der Waals surface area contributed by atoms with Gasteiger partial charge in [0, 0.05) is 14.0 Å². The summed E-state index contributed by atoms with van der Waals surface area (Å²) in [5.74, 6) is -2.32. The average Bonchev–Trinajstić information content (AvgIpc) is 2.62. The van der Waals surface area contributed by atoms with Crippen LogP contribution in [0.2, 0.25) is 0 Å². The van der Waals surface area contributed by atoms with E-state index in [0.29, 0.717) is 5.56 Å². The summed E-state index contributed by atoms with van der Waals surface area (Å²) in [7, 11) is 1.61. The summed E-state index contributed by atoms with van der Waals surface area (Å²) in [6.45, 7) is 5.10. The molecule has 2 atom stereocenters. The molecule has 0 radical (unpaired) electrons. The van der Waals surface area contributed by atoms with Crippen molar-refractivity contribution in [3.05, 3.63) is 70.8 Å². The molecule has 2 amide bonds. The second kappa shape index (κ2) is 8.75. The maximum Gasteiger partial charge on any atom is 0.225 e. The maximum atomic E-state index is 13.5. The van der Waals surface area contributed by atoms with Crippen LogP contribution in [0.15, 0.2) is 42.5 Å². The number of aryl methyl sites for hydroxylation is 1. The SMILES string of the molecule is CC(=O)NC(CC(=O)N(C)C(C)c1ccc(F)c(F)c1)c1ccc(C)cc1. The van der Waals surface area contributed by atoms with Gasteiger partial charge in [0.25, 0.3) is 0 Å². The molecule has 6 heteroatoms. The van der Waals surface area contributed by atoms with Crippen molar-refractivity contribution in [2.24, 2.45) is 0 Å². The second-order valence-electron chi connectivity index (χ2n) is 6.72. The number of halogens is 2. The monoisotopic (exact) mass is 374 g/mol. The van der Waals surface area contributed by atoms with E-state index >= 15 is 0 Å². The summed E-state index contributed by atoms with van der Waals surface area (Å²) in [5.41, 5.74) is 2.41. The molecule has 2 aromatic rings. The Morgan fingerprint density at radius 2 is 1.63 bits per heavy atom. The predicted octanol–water partition coefficient (Wildman–Crippen LogP) is 4.06. The van der Waals surface area contributed by atoms with Crippen molar-refractivity contribution < 1.29 is 18.4 Å². The van der Waals surface area contributed by atoms with E-state index in [4.69, 9.17) is 0 Å². The lowest BCUT2D eigenvalue weighted by atomic mass is 10.0. The van der Waals surface area contributed by atoms with Crippen LogP contribution < -0.4 is 5.32 Å². The van der Waals surface area contributed by atoms with E-state index in [-0.39, 0.29) is 18.2 Å². The average molecular weight is 374 g/mol. The number of benzene rings is 2. The van der Waals surface area contributed by atoms with Gasteiger partial charge in [0.05, 0.1) is 18.5 Å². The third-order valence-corrected chi connectivity index (χ3v) is 4.64. The number of rotatable bonds is 6. The summed E-state index contributed by atoms with van der Waals surface area (Å²) in [4.78, 5) is 25.8. The zero-order valence-electron chi connectivity index (χ0n) is 15.9. The first-order chi connectivity index (χ1) is 12.7. The van der Waals surface area contributed by atoms with Crippen LogP contribution in [0.3, 0.4) is 0 Å². The van der Waals surface area contributed by atoms with Gasteiger partial charge in [-0.05, 0) is 37.1 Å². The summed E-state index contributed by atoms with van der Waals surface area (Å²) >= 11 is 0. The fourth-order valence-electron chi connectivity index (χ4n) is 2.83. The molecule has 2 aromatic carbocycles. The lowest BCUT2D eigenvalue weighted by molar-refractivity contribution is -0.132. The molecule has 0 saturated heterocycles. The molecule has 0 bridgehead atoms. The molecule has 0 fully saturated rings. The summed E-state index contributed by atoms with van der Waals surface area (Å²) in [6.07, 6.45) is 0.0627. The second-order valence-corrected chi connectivity index (χ2v) is 6.72. The van der Waals surface area contributed by atoms with Gasteiger partial charge < -0.3 is 10.2 Å². The Bertz CT molecular complexity index is 821. The number of hydrogen-bond acceptors (Lipinski definition) is 2. The Morgan fingerprint density at radius 1 is 1.04 bits per heavy atom. The van der Waals surface area contributed by atoms with Crippen LogP contribution in [-0.2, 0) is 9.59 Å². The van der Waals surface area contributed by atoms with Crippen molar-refractivity contribution >= 4 is 11.8 Å². The molecule has 0 aromatic heterocycles. The van der Waals surface area contributed by atoms with Crippen molar-refractivity contribution in [3.8, 4) is 0 Å². The van der Waals surface area contributed by atoms with E-state index in [0.717, 1.165) is 23.3 Å². The lowest BCUT2D eigenvalue weighted by Crippen LogP contribution is -2.35. The van der Waals surface area contributed by atoms with Crippen LogP contribution in [0, 0.1) is 18.6 Å². The van der Waals surface area contributed by atoms with Crippen molar-refractivity contribution in [2.75, 3.05) is 7.05 Å². The molecule has 0 aliphatic carbocycles. The Kier molecular flexibility index (Phi) is 6.66. The highest BCUT2D eigenvalue weighted by atomic mass is 19.2. The van der Waals surface area contributed by atoms with Gasteiger partial charge in [0.1, 0.15) is 0 Å². The van der Waals surface area contributed by atoms with Crippen LogP contribution >= 0.6 is 0 Å². The first kappa shape index (κ1) is 20.6. The van der Waals surface area contributed by atoms with Gasteiger partial charge in [0.15, 0.2) is 11.6 Å². The molecular formula is C21H24F2N2O2. The molecule has 0 spiro atoms. The highest BCUT2D eigenvalue weighted by molar-refractivity contribution is 5.79. The van der Waals surface area contributed by atoms with Crippen LogP contribution in [0.4, 0.5) is 8.78 Å². The zero-order chi connectivity index (χ0) is 20.1. The molecule has 1 N–H and O–H groups in total. The molecule has 27 heavy (non-hydrogen) atoms. The summed E-state index contributed by atoms with van der Waals surface area (Å²) in [6, 6.07) is 10.3. The van der Waals surface area contributed by atoms with Gasteiger partial charge >= 0.3 is 0 Å². The number of nitrogens with one attached hydrogen (secondary N) is 1. The number of carbonyl (C=O) groups excluding carboxylic acids is 2. The standard InChI is InChI=1S/C21H24F2N2O2/c1-13-5-7-16(8-6-13)20(24-15(3)26)12-21(27)25(4)14(2)17-9-10-18(22)19(23)11-17/h5-11,14,20H,12H2,1-4H3,(H,24,26). The van der Waals surface area contributed by atoms with Crippen molar-refractivity contribution in [3.63, 3.8) is 0 Å². The molecular weight excluding hydrogens is 350 g/mol. The molecule has 0 heterocycles. The predicted molar refractivity (Wildman–Crippen MR) is 99.9 cm³/mol. The molecule has 4 nitrogen and oxygen atoms in total. The van der Waals surface area contributed by atoms with Gasteiger partial charge in [-0.2, -0.15) is 0 Å². The largest absolute Gasteiger partial charge is 0.349 e. The summed E-state index contributed by atoms with van der Waals surface area (Å²) < 4.78 is 26.6. The third-order valence-electron chi connectivity index (χ3n) is 4.64. The molecule has 0 saturated carbocycles. The maximum absolute atomic E-state index is 13.5. The van der Waals surface area contributed by atoms with Crippen LogP contribution in [-0.4, -0.2) is 23.8 Å². The molecule has 0 aliphatic heterocycles. The summed E-state index contributed by atoms with van der Waals surface area (Å²) in [5, 5.41) is 2.80. The number of carbonyl (C=O) groups is 2. The number of nitrogens with zero attached hydrogens (tertiary/aromatic N) is 1. The van der Waals surface area contributed by atoms with Gasteiger partial charge in [-0.1, -0.05) is 35.9 Å². The van der Waals surface area contributed by atoms with Crippen LogP contribution in [0.5, 0.6) is 0 Å². The zero-order valence-corrected chi connectivity index (χ0v) is 15.9. The van der Waals surface area contributed by atoms with Gasteiger partial charge in [-0.25, -0.2) is 8.78 Å². The van der Waals surface area contributed by atoms with Gasteiger partial charge in [0.2, 0.25) is 11.8 Å². The van der Waals surface area contributed by atoms with E-state index in [1.165, 1.54) is 17.9 Å². The van der Waals surface area contributed by atoms with Crippen molar-refractivity contribution in [1.29, 1.82) is 0 Å². The normalized spacial score (nSPS) is 13.0. The first-order valence-corrected chi connectivity index (χ1v) is 8.73. The number of amides is 2. The van der Waals surface area contributed by atoms with E-state index in [2.05, 4.69) is 5.32 Å². The van der Waals surface area contributed by atoms with Crippen LogP contribution in [0.1, 0.15) is 49.0 Å². The van der Waals surface area contributed by atoms with Gasteiger partial charge in [-0.15, -0.1) is 0 Å². The van der Waals surface area contributed by atoms with Crippen molar-refractivity contribution in [1.82, 2.24) is 10.2 Å². The minimum absolute atomic E-state index is 0.0627. The molecule has 2 unspecified atom stereocenters. The Balaban J connectivity index is 2.16. The Labute approximate surface area is 158 Å². The van der Waals surface area contributed by atoms with E-state index in [9.17, 15) is 18.4 Å². The van der Waals surface area contributed by atoms with E-state index < -0.39 is 23.7 Å². The first-order valence-electron chi connectivity index (χ1n) is 8.73. The van der Waals surface area contributed by atoms with E-state index in [1.807, 2.05) is 31.2 Å². The minimum atomic E-state index is -0.948. The quantitative estimate of drug-likeness (QED) is 0.829. The number of hydrogen-bond donors (Lipinski definition) is 1.